The average molecular weight is 152 g/mol. The van der Waals surface area contributed by atoms with Gasteiger partial charge in [-0.05, 0) is 31.9 Å². The predicted molar refractivity (Wildman–Crippen MR) is 44.3 cm³/mol. The molecule has 0 saturated heterocycles. The standard InChI is InChI=1S/C8H12N2O/c1-5-4-9-8(6(5)2)7(3)10-11/h4,9,11H,1-3H3/b10-7+. The fourth-order valence-corrected chi connectivity index (χ4v) is 1.02. The lowest BCUT2D eigenvalue weighted by molar-refractivity contribution is 0.319. The van der Waals surface area contributed by atoms with Gasteiger partial charge in [-0.3, -0.25) is 0 Å². The first-order valence-electron chi connectivity index (χ1n) is 3.50. The minimum atomic E-state index is 0.621. The molecule has 0 aliphatic heterocycles. The van der Waals surface area contributed by atoms with E-state index in [1.807, 2.05) is 20.0 Å². The van der Waals surface area contributed by atoms with Crippen molar-refractivity contribution in [3.63, 3.8) is 0 Å². The summed E-state index contributed by atoms with van der Waals surface area (Å²) >= 11 is 0. The van der Waals surface area contributed by atoms with Crippen LogP contribution in [-0.2, 0) is 0 Å². The van der Waals surface area contributed by atoms with Gasteiger partial charge in [0.05, 0.1) is 5.69 Å². The van der Waals surface area contributed by atoms with E-state index in [-0.39, 0.29) is 0 Å². The fourth-order valence-electron chi connectivity index (χ4n) is 1.02. The van der Waals surface area contributed by atoms with E-state index in [4.69, 9.17) is 5.21 Å². The van der Waals surface area contributed by atoms with Crippen LogP contribution in [0.5, 0.6) is 0 Å². The molecule has 0 atom stereocenters. The Morgan fingerprint density at radius 2 is 2.18 bits per heavy atom. The third-order valence-electron chi connectivity index (χ3n) is 1.91. The highest BCUT2D eigenvalue weighted by Gasteiger charge is 2.05. The van der Waals surface area contributed by atoms with Gasteiger partial charge in [0.25, 0.3) is 0 Å². The van der Waals surface area contributed by atoms with Crippen molar-refractivity contribution < 1.29 is 5.21 Å². The number of rotatable bonds is 1. The summed E-state index contributed by atoms with van der Waals surface area (Å²) in [6.45, 7) is 5.77. The lowest BCUT2D eigenvalue weighted by atomic mass is 10.1. The van der Waals surface area contributed by atoms with Crippen molar-refractivity contribution >= 4 is 5.71 Å². The van der Waals surface area contributed by atoms with E-state index in [2.05, 4.69) is 10.1 Å². The number of nitrogens with zero attached hydrogens (tertiary/aromatic N) is 1. The molecule has 0 aliphatic rings. The highest BCUT2D eigenvalue weighted by atomic mass is 16.4. The second-order valence-corrected chi connectivity index (χ2v) is 2.66. The number of nitrogens with one attached hydrogen (secondary N) is 1. The lowest BCUT2D eigenvalue weighted by Gasteiger charge is -1.95. The van der Waals surface area contributed by atoms with Gasteiger partial charge in [-0.25, -0.2) is 0 Å². The number of aromatic amines is 1. The molecule has 1 heterocycles. The Morgan fingerprint density at radius 3 is 2.55 bits per heavy atom. The molecule has 1 aromatic rings. The van der Waals surface area contributed by atoms with Gasteiger partial charge in [0.2, 0.25) is 0 Å². The maximum atomic E-state index is 8.49. The fraction of sp³-hybridized carbons (Fsp3) is 0.375. The minimum Gasteiger partial charge on any atom is -0.411 e. The van der Waals surface area contributed by atoms with Crippen LogP contribution in [0.25, 0.3) is 0 Å². The largest absolute Gasteiger partial charge is 0.411 e. The summed E-state index contributed by atoms with van der Waals surface area (Å²) in [6.07, 6.45) is 1.90. The van der Waals surface area contributed by atoms with Crippen LogP contribution < -0.4 is 0 Å². The predicted octanol–water partition coefficient (Wildman–Crippen LogP) is 1.83. The molecule has 11 heavy (non-hydrogen) atoms. The number of hydrogen-bond acceptors (Lipinski definition) is 2. The quantitative estimate of drug-likeness (QED) is 0.360. The van der Waals surface area contributed by atoms with Crippen molar-refractivity contribution in [3.05, 3.63) is 23.0 Å². The van der Waals surface area contributed by atoms with Gasteiger partial charge in [0, 0.05) is 6.20 Å². The molecule has 1 aromatic heterocycles. The second kappa shape index (κ2) is 2.78. The Bertz CT molecular complexity index is 286. The lowest BCUT2D eigenvalue weighted by Crippen LogP contribution is -1.96. The Balaban J connectivity index is 3.15. The van der Waals surface area contributed by atoms with Gasteiger partial charge in [0.1, 0.15) is 5.71 Å². The molecule has 0 bridgehead atoms. The maximum absolute atomic E-state index is 8.49. The minimum absolute atomic E-state index is 0.621. The molecule has 0 amide bonds. The zero-order chi connectivity index (χ0) is 8.43. The van der Waals surface area contributed by atoms with E-state index in [0.717, 1.165) is 11.3 Å². The van der Waals surface area contributed by atoms with Crippen molar-refractivity contribution in [2.45, 2.75) is 20.8 Å². The number of H-pyrrole nitrogens is 1. The third kappa shape index (κ3) is 1.27. The third-order valence-corrected chi connectivity index (χ3v) is 1.91. The van der Waals surface area contributed by atoms with Crippen LogP contribution in [0.1, 0.15) is 23.7 Å². The molecule has 1 rings (SSSR count). The van der Waals surface area contributed by atoms with Crippen LogP contribution >= 0.6 is 0 Å². The Labute approximate surface area is 65.7 Å². The van der Waals surface area contributed by atoms with Gasteiger partial charge in [-0.1, -0.05) is 5.16 Å². The van der Waals surface area contributed by atoms with Crippen LogP contribution in [0.3, 0.4) is 0 Å². The van der Waals surface area contributed by atoms with Gasteiger partial charge in [-0.2, -0.15) is 0 Å². The summed E-state index contributed by atoms with van der Waals surface area (Å²) in [5.74, 6) is 0. The summed E-state index contributed by atoms with van der Waals surface area (Å²) in [4.78, 5) is 3.03. The molecule has 3 heteroatoms. The van der Waals surface area contributed by atoms with E-state index in [1.165, 1.54) is 5.56 Å². The van der Waals surface area contributed by atoms with Crippen LogP contribution in [0, 0.1) is 13.8 Å². The molecule has 60 valence electrons. The van der Waals surface area contributed by atoms with Gasteiger partial charge < -0.3 is 10.2 Å². The summed E-state index contributed by atoms with van der Waals surface area (Å²) in [5, 5.41) is 11.6. The van der Waals surface area contributed by atoms with Gasteiger partial charge >= 0.3 is 0 Å². The van der Waals surface area contributed by atoms with E-state index in [9.17, 15) is 0 Å². The van der Waals surface area contributed by atoms with E-state index >= 15 is 0 Å². The highest BCUT2D eigenvalue weighted by molar-refractivity contribution is 5.98. The van der Waals surface area contributed by atoms with Crippen LogP contribution in [0.15, 0.2) is 11.4 Å². The molecule has 0 spiro atoms. The topological polar surface area (TPSA) is 48.4 Å². The molecule has 0 unspecified atom stereocenters. The molecule has 0 aromatic carbocycles. The first kappa shape index (κ1) is 7.85. The summed E-state index contributed by atoms with van der Waals surface area (Å²) in [7, 11) is 0. The van der Waals surface area contributed by atoms with E-state index < -0.39 is 0 Å². The first-order valence-corrected chi connectivity index (χ1v) is 3.50. The van der Waals surface area contributed by atoms with E-state index in [0.29, 0.717) is 5.71 Å². The molecular weight excluding hydrogens is 140 g/mol. The SMILES string of the molecule is C/C(=N\O)c1[nH]cc(C)c1C. The zero-order valence-corrected chi connectivity index (χ0v) is 6.97. The molecule has 3 nitrogen and oxygen atoms in total. The average Bonchev–Trinajstić information content (AvgIpc) is 2.32. The van der Waals surface area contributed by atoms with E-state index in [1.54, 1.807) is 6.92 Å². The van der Waals surface area contributed by atoms with Crippen molar-refractivity contribution in [1.82, 2.24) is 4.98 Å². The van der Waals surface area contributed by atoms with Gasteiger partial charge in [-0.15, -0.1) is 0 Å². The Morgan fingerprint density at radius 1 is 1.55 bits per heavy atom. The molecule has 0 fully saturated rings. The monoisotopic (exact) mass is 152 g/mol. The molecule has 2 N–H and O–H groups in total. The number of aryl methyl sites for hydroxylation is 1. The first-order chi connectivity index (χ1) is 5.16. The molecule has 0 aliphatic carbocycles. The van der Waals surface area contributed by atoms with Crippen LogP contribution in [-0.4, -0.2) is 15.9 Å². The van der Waals surface area contributed by atoms with Crippen LogP contribution in [0.2, 0.25) is 0 Å². The summed E-state index contributed by atoms with van der Waals surface area (Å²) in [5.41, 5.74) is 3.85. The maximum Gasteiger partial charge on any atom is 0.100 e. The zero-order valence-electron chi connectivity index (χ0n) is 6.97. The number of aromatic nitrogens is 1. The Kier molecular flexibility index (Phi) is 1.98. The van der Waals surface area contributed by atoms with Crippen molar-refractivity contribution in [1.29, 1.82) is 0 Å². The number of hydrogen-bond donors (Lipinski definition) is 2. The Hall–Kier alpha value is -1.25. The second-order valence-electron chi connectivity index (χ2n) is 2.66. The highest BCUT2D eigenvalue weighted by Crippen LogP contribution is 2.11. The summed E-state index contributed by atoms with van der Waals surface area (Å²) in [6, 6.07) is 0. The normalized spacial score (nSPS) is 12.1. The molecule has 0 saturated carbocycles. The van der Waals surface area contributed by atoms with Crippen molar-refractivity contribution in [2.75, 3.05) is 0 Å². The number of oxime groups is 1. The van der Waals surface area contributed by atoms with Gasteiger partial charge in [0.15, 0.2) is 0 Å². The van der Waals surface area contributed by atoms with Crippen LogP contribution in [0.4, 0.5) is 0 Å². The van der Waals surface area contributed by atoms with Crippen molar-refractivity contribution in [3.8, 4) is 0 Å². The summed E-state index contributed by atoms with van der Waals surface area (Å²) < 4.78 is 0. The molecular formula is C8H12N2O. The smallest absolute Gasteiger partial charge is 0.100 e. The van der Waals surface area contributed by atoms with Crippen molar-refractivity contribution in [2.24, 2.45) is 5.16 Å². The molecule has 0 radical (unpaired) electrons.